The smallest absolute Gasteiger partial charge is 0.414 e. The van der Waals surface area contributed by atoms with Crippen LogP contribution in [-0.4, -0.2) is 30.2 Å². The SMILES string of the molecule is COC(=O)N(c1c(C(=O)c2cnoc2C2CC2)ccc(Cl)c1Cl)C(C)C. The van der Waals surface area contributed by atoms with Crippen molar-refractivity contribution in [2.75, 3.05) is 12.0 Å². The van der Waals surface area contributed by atoms with Crippen LogP contribution >= 0.6 is 23.2 Å². The molecular formula is C18H18Cl2N2O4. The summed E-state index contributed by atoms with van der Waals surface area (Å²) in [6.07, 6.45) is 2.69. The highest BCUT2D eigenvalue weighted by Gasteiger charge is 2.35. The molecule has 1 amide bonds. The Hall–Kier alpha value is -2.05. The van der Waals surface area contributed by atoms with Crippen molar-refractivity contribution in [3.63, 3.8) is 0 Å². The van der Waals surface area contributed by atoms with Crippen LogP contribution in [0.15, 0.2) is 22.9 Å². The van der Waals surface area contributed by atoms with Gasteiger partial charge in [0.15, 0.2) is 11.5 Å². The summed E-state index contributed by atoms with van der Waals surface area (Å²) >= 11 is 12.5. The third-order valence-electron chi connectivity index (χ3n) is 4.23. The van der Waals surface area contributed by atoms with Gasteiger partial charge in [0.05, 0.1) is 34.6 Å². The molecular weight excluding hydrogens is 379 g/mol. The van der Waals surface area contributed by atoms with E-state index in [0.717, 1.165) is 12.8 Å². The van der Waals surface area contributed by atoms with Crippen molar-refractivity contribution >= 4 is 40.8 Å². The summed E-state index contributed by atoms with van der Waals surface area (Å²) in [4.78, 5) is 26.8. The summed E-state index contributed by atoms with van der Waals surface area (Å²) in [7, 11) is 1.27. The molecule has 138 valence electrons. The number of benzene rings is 1. The Kier molecular flexibility index (Phi) is 5.25. The maximum Gasteiger partial charge on any atom is 0.414 e. The van der Waals surface area contributed by atoms with Gasteiger partial charge in [0, 0.05) is 17.5 Å². The average molecular weight is 397 g/mol. The number of halogens is 2. The van der Waals surface area contributed by atoms with Crippen LogP contribution in [0.3, 0.4) is 0 Å². The van der Waals surface area contributed by atoms with Gasteiger partial charge in [0.2, 0.25) is 0 Å². The molecule has 1 aromatic heterocycles. The molecule has 0 bridgehead atoms. The number of aromatic nitrogens is 1. The average Bonchev–Trinajstić information content (AvgIpc) is 3.34. The molecule has 0 N–H and O–H groups in total. The first kappa shape index (κ1) is 18.7. The Labute approximate surface area is 161 Å². The second-order valence-corrected chi connectivity index (χ2v) is 7.18. The Balaban J connectivity index is 2.15. The minimum Gasteiger partial charge on any atom is -0.452 e. The normalized spacial score (nSPS) is 13.8. The minimum atomic E-state index is -0.633. The number of nitrogens with zero attached hydrogens (tertiary/aromatic N) is 2. The van der Waals surface area contributed by atoms with Gasteiger partial charge in [-0.1, -0.05) is 28.4 Å². The molecule has 6 nitrogen and oxygen atoms in total. The molecule has 1 heterocycles. The fraction of sp³-hybridized carbons (Fsp3) is 0.389. The number of methoxy groups -OCH3 is 1. The van der Waals surface area contributed by atoms with Gasteiger partial charge in [-0.2, -0.15) is 0 Å². The van der Waals surface area contributed by atoms with Crippen LogP contribution in [0.5, 0.6) is 0 Å². The van der Waals surface area contributed by atoms with Crippen LogP contribution in [0.25, 0.3) is 0 Å². The standard InChI is InChI=1S/C18H18Cl2N2O4/c1-9(2)22(18(24)25-3)15-11(6-7-13(19)14(15)20)16(23)12-8-21-26-17(12)10-4-5-10/h6-10H,4-5H2,1-3H3. The molecule has 2 aromatic rings. The van der Waals surface area contributed by atoms with E-state index in [0.29, 0.717) is 11.3 Å². The quantitative estimate of drug-likeness (QED) is 0.659. The fourth-order valence-corrected chi connectivity index (χ4v) is 3.23. The highest BCUT2D eigenvalue weighted by atomic mass is 35.5. The van der Waals surface area contributed by atoms with Gasteiger partial charge in [0.25, 0.3) is 0 Å². The summed E-state index contributed by atoms with van der Waals surface area (Å²) in [5, 5.41) is 4.12. The van der Waals surface area contributed by atoms with Crippen molar-refractivity contribution < 1.29 is 18.8 Å². The zero-order chi connectivity index (χ0) is 19.0. The predicted octanol–water partition coefficient (Wildman–Crippen LogP) is 5.07. The van der Waals surface area contributed by atoms with Gasteiger partial charge in [-0.15, -0.1) is 0 Å². The van der Waals surface area contributed by atoms with Crippen molar-refractivity contribution in [1.29, 1.82) is 0 Å². The Morgan fingerprint density at radius 1 is 1.27 bits per heavy atom. The van der Waals surface area contributed by atoms with Crippen LogP contribution in [0.2, 0.25) is 10.0 Å². The minimum absolute atomic E-state index is 0.112. The number of anilines is 1. The second kappa shape index (κ2) is 7.29. The molecule has 1 saturated carbocycles. The van der Waals surface area contributed by atoms with E-state index < -0.39 is 6.09 Å². The largest absolute Gasteiger partial charge is 0.452 e. The molecule has 1 aliphatic rings. The maximum absolute atomic E-state index is 13.2. The van der Waals surface area contributed by atoms with Crippen molar-refractivity contribution in [2.45, 2.75) is 38.6 Å². The first-order valence-electron chi connectivity index (χ1n) is 8.21. The molecule has 1 aliphatic carbocycles. The zero-order valence-electron chi connectivity index (χ0n) is 14.6. The molecule has 0 spiro atoms. The summed E-state index contributed by atoms with van der Waals surface area (Å²) in [5.74, 6) is 0.460. The molecule has 0 aliphatic heterocycles. The van der Waals surface area contributed by atoms with Gasteiger partial charge in [-0.25, -0.2) is 4.79 Å². The summed E-state index contributed by atoms with van der Waals surface area (Å²) < 4.78 is 10.1. The number of carbonyl (C=O) groups is 2. The molecule has 0 atom stereocenters. The van der Waals surface area contributed by atoms with E-state index in [1.807, 2.05) is 0 Å². The summed E-state index contributed by atoms with van der Waals surface area (Å²) in [6, 6.07) is 2.77. The van der Waals surface area contributed by atoms with Crippen LogP contribution in [0.1, 0.15) is 54.3 Å². The third kappa shape index (κ3) is 3.31. The zero-order valence-corrected chi connectivity index (χ0v) is 16.1. The van der Waals surface area contributed by atoms with Gasteiger partial charge < -0.3 is 9.26 Å². The predicted molar refractivity (Wildman–Crippen MR) is 98.4 cm³/mol. The van der Waals surface area contributed by atoms with Crippen molar-refractivity contribution in [2.24, 2.45) is 0 Å². The van der Waals surface area contributed by atoms with E-state index in [4.69, 9.17) is 32.5 Å². The first-order valence-corrected chi connectivity index (χ1v) is 8.96. The molecule has 1 aromatic carbocycles. The van der Waals surface area contributed by atoms with Crippen LogP contribution < -0.4 is 4.90 Å². The summed E-state index contributed by atoms with van der Waals surface area (Å²) in [6.45, 7) is 3.58. The third-order valence-corrected chi connectivity index (χ3v) is 5.03. The van der Waals surface area contributed by atoms with Gasteiger partial charge in [-0.05, 0) is 38.8 Å². The number of rotatable bonds is 5. The van der Waals surface area contributed by atoms with E-state index in [1.165, 1.54) is 24.3 Å². The fourth-order valence-electron chi connectivity index (χ4n) is 2.82. The molecule has 0 saturated heterocycles. The Morgan fingerprint density at radius 3 is 2.54 bits per heavy atom. The first-order chi connectivity index (χ1) is 12.4. The molecule has 1 fully saturated rings. The molecule has 0 unspecified atom stereocenters. The lowest BCUT2D eigenvalue weighted by molar-refractivity contribution is 0.103. The van der Waals surface area contributed by atoms with E-state index in [9.17, 15) is 9.59 Å². The lowest BCUT2D eigenvalue weighted by Gasteiger charge is -2.28. The second-order valence-electron chi connectivity index (χ2n) is 6.40. The Morgan fingerprint density at radius 2 is 1.96 bits per heavy atom. The van der Waals surface area contributed by atoms with E-state index >= 15 is 0 Å². The van der Waals surface area contributed by atoms with E-state index in [1.54, 1.807) is 19.9 Å². The van der Waals surface area contributed by atoms with E-state index in [-0.39, 0.29) is 39.0 Å². The number of ketones is 1. The number of carbonyl (C=O) groups excluding carboxylic acids is 2. The Bertz CT molecular complexity index is 859. The highest BCUT2D eigenvalue weighted by molar-refractivity contribution is 6.44. The van der Waals surface area contributed by atoms with Crippen molar-refractivity contribution in [3.8, 4) is 0 Å². The molecule has 26 heavy (non-hydrogen) atoms. The van der Waals surface area contributed by atoms with Gasteiger partial charge in [0.1, 0.15) is 0 Å². The van der Waals surface area contributed by atoms with Gasteiger partial charge >= 0.3 is 6.09 Å². The topological polar surface area (TPSA) is 72.6 Å². The van der Waals surface area contributed by atoms with Gasteiger partial charge in [-0.3, -0.25) is 9.69 Å². The molecule has 0 radical (unpaired) electrons. The van der Waals surface area contributed by atoms with Crippen molar-refractivity contribution in [1.82, 2.24) is 5.16 Å². The number of hydrogen-bond donors (Lipinski definition) is 0. The van der Waals surface area contributed by atoms with Crippen LogP contribution in [-0.2, 0) is 4.74 Å². The van der Waals surface area contributed by atoms with Crippen LogP contribution in [0, 0.1) is 0 Å². The summed E-state index contributed by atoms with van der Waals surface area (Å²) in [5.41, 5.74) is 0.832. The number of ether oxygens (including phenoxy) is 1. The molecule has 8 heteroatoms. The van der Waals surface area contributed by atoms with Crippen molar-refractivity contribution in [3.05, 3.63) is 45.3 Å². The lowest BCUT2D eigenvalue weighted by atomic mass is 10.00. The molecule has 3 rings (SSSR count). The van der Waals surface area contributed by atoms with E-state index in [2.05, 4.69) is 5.16 Å². The monoisotopic (exact) mass is 396 g/mol. The number of hydrogen-bond acceptors (Lipinski definition) is 5. The lowest BCUT2D eigenvalue weighted by Crippen LogP contribution is -2.38. The maximum atomic E-state index is 13.2. The highest BCUT2D eigenvalue weighted by Crippen LogP contribution is 2.43. The number of amides is 1. The van der Waals surface area contributed by atoms with Crippen LogP contribution in [0.4, 0.5) is 10.5 Å².